The van der Waals surface area contributed by atoms with Crippen molar-refractivity contribution in [3.8, 4) is 0 Å². The van der Waals surface area contributed by atoms with Crippen LogP contribution in [-0.2, 0) is 16.1 Å². The molecule has 1 aliphatic carbocycles. The highest BCUT2D eigenvalue weighted by Crippen LogP contribution is 2.22. The number of hydrogen-bond acceptors (Lipinski definition) is 3. The Morgan fingerprint density at radius 3 is 2.39 bits per heavy atom. The molecule has 0 spiro atoms. The highest BCUT2D eigenvalue weighted by atomic mass is 32.2. The van der Waals surface area contributed by atoms with Crippen molar-refractivity contribution in [1.82, 2.24) is 10.2 Å². The largest absolute Gasteiger partial charge is 0.352 e. The fraction of sp³-hybridized carbons (Fsp3) is 0.462. The molecule has 1 saturated carbocycles. The lowest BCUT2D eigenvalue weighted by molar-refractivity contribution is -0.141. The van der Waals surface area contributed by atoms with Crippen molar-refractivity contribution < 1.29 is 9.59 Å². The van der Waals surface area contributed by atoms with Crippen LogP contribution in [0.1, 0.15) is 56.6 Å². The third kappa shape index (κ3) is 7.13. The molecule has 4 nitrogen and oxygen atoms in total. The first-order valence-corrected chi connectivity index (χ1v) is 12.4. The zero-order chi connectivity index (χ0) is 22.1. The highest BCUT2D eigenvalue weighted by molar-refractivity contribution is 7.99. The number of carbonyl (C=O) groups excluding carboxylic acids is 2. The average Bonchev–Trinajstić information content (AvgIpc) is 3.28. The van der Waals surface area contributed by atoms with Gasteiger partial charge in [0.05, 0.1) is 0 Å². The molecular weight excluding hydrogens is 404 g/mol. The van der Waals surface area contributed by atoms with Gasteiger partial charge in [-0.05, 0) is 43.9 Å². The lowest BCUT2D eigenvalue weighted by Gasteiger charge is -2.31. The predicted molar refractivity (Wildman–Crippen MR) is 128 cm³/mol. The second-order valence-electron chi connectivity index (χ2n) is 8.33. The Bertz CT molecular complexity index is 832. The zero-order valence-corrected chi connectivity index (χ0v) is 19.5. The van der Waals surface area contributed by atoms with Gasteiger partial charge < -0.3 is 10.2 Å². The van der Waals surface area contributed by atoms with Crippen molar-refractivity contribution in [2.75, 3.05) is 5.75 Å². The number of hydrogen-bond donors (Lipinski definition) is 1. The third-order valence-electron chi connectivity index (χ3n) is 5.89. The fourth-order valence-electron chi connectivity index (χ4n) is 4.09. The van der Waals surface area contributed by atoms with Crippen molar-refractivity contribution in [2.45, 2.75) is 75.9 Å². The number of benzene rings is 2. The van der Waals surface area contributed by atoms with Crippen molar-refractivity contribution >= 4 is 23.6 Å². The van der Waals surface area contributed by atoms with Crippen LogP contribution in [0, 0.1) is 6.92 Å². The topological polar surface area (TPSA) is 49.4 Å². The molecule has 0 radical (unpaired) electrons. The Morgan fingerprint density at radius 1 is 1.06 bits per heavy atom. The summed E-state index contributed by atoms with van der Waals surface area (Å²) in [5.41, 5.74) is 2.24. The molecule has 31 heavy (non-hydrogen) atoms. The first-order valence-electron chi connectivity index (χ1n) is 11.4. The molecular formula is C26H34N2O2S. The van der Waals surface area contributed by atoms with E-state index in [0.29, 0.717) is 25.1 Å². The quantitative estimate of drug-likeness (QED) is 0.509. The van der Waals surface area contributed by atoms with Crippen LogP contribution in [0.25, 0.3) is 0 Å². The monoisotopic (exact) mass is 438 g/mol. The number of amides is 2. The summed E-state index contributed by atoms with van der Waals surface area (Å²) < 4.78 is 0. The maximum atomic E-state index is 13.3. The van der Waals surface area contributed by atoms with E-state index in [4.69, 9.17) is 0 Å². The van der Waals surface area contributed by atoms with Gasteiger partial charge in [0.1, 0.15) is 6.04 Å². The fourth-order valence-corrected chi connectivity index (χ4v) is 4.96. The van der Waals surface area contributed by atoms with E-state index in [1.807, 2.05) is 25.1 Å². The van der Waals surface area contributed by atoms with Crippen LogP contribution in [0.5, 0.6) is 0 Å². The number of thioether (sulfide) groups is 1. The molecule has 2 aromatic carbocycles. The van der Waals surface area contributed by atoms with Crippen molar-refractivity contribution in [3.63, 3.8) is 0 Å². The van der Waals surface area contributed by atoms with Crippen molar-refractivity contribution in [1.29, 1.82) is 0 Å². The number of rotatable bonds is 10. The van der Waals surface area contributed by atoms with Crippen LogP contribution in [0.3, 0.4) is 0 Å². The molecule has 1 atom stereocenters. The van der Waals surface area contributed by atoms with E-state index in [1.165, 1.54) is 18.4 Å². The standard InChI is InChI=1S/C26H34N2O2S/c1-3-24(26(30)27-22-9-7-8-10-22)28(19-21-15-13-20(2)14-16-21)25(29)17-18-31-23-11-5-4-6-12-23/h4-6,11-16,22,24H,3,7-10,17-19H2,1-2H3,(H,27,30). The maximum absolute atomic E-state index is 13.3. The summed E-state index contributed by atoms with van der Waals surface area (Å²) in [6.45, 7) is 4.51. The molecule has 1 unspecified atom stereocenters. The third-order valence-corrected chi connectivity index (χ3v) is 6.90. The van der Waals surface area contributed by atoms with E-state index in [2.05, 4.69) is 48.6 Å². The van der Waals surface area contributed by atoms with Gasteiger partial charge in [-0.25, -0.2) is 0 Å². The molecule has 0 saturated heterocycles. The molecule has 1 fully saturated rings. The Hall–Kier alpha value is -2.27. The predicted octanol–water partition coefficient (Wildman–Crippen LogP) is 5.34. The van der Waals surface area contributed by atoms with Gasteiger partial charge in [0, 0.05) is 29.7 Å². The van der Waals surface area contributed by atoms with Crippen LogP contribution in [0.4, 0.5) is 0 Å². The minimum absolute atomic E-state index is 0.00873. The summed E-state index contributed by atoms with van der Waals surface area (Å²) in [5, 5.41) is 3.20. The summed E-state index contributed by atoms with van der Waals surface area (Å²) in [4.78, 5) is 29.3. The SMILES string of the molecule is CCC(C(=O)NC1CCCC1)N(Cc1ccc(C)cc1)C(=O)CCSc1ccccc1. The van der Waals surface area contributed by atoms with Gasteiger partial charge in [-0.15, -0.1) is 11.8 Å². The van der Waals surface area contributed by atoms with Gasteiger partial charge in [-0.1, -0.05) is 67.8 Å². The molecule has 0 aliphatic heterocycles. The highest BCUT2D eigenvalue weighted by Gasteiger charge is 2.30. The maximum Gasteiger partial charge on any atom is 0.243 e. The molecule has 0 aromatic heterocycles. The Kier molecular flexibility index (Phi) is 9.01. The Balaban J connectivity index is 1.69. The molecule has 5 heteroatoms. The minimum atomic E-state index is -0.434. The summed E-state index contributed by atoms with van der Waals surface area (Å²) in [5.74, 6) is 0.733. The molecule has 166 valence electrons. The smallest absolute Gasteiger partial charge is 0.243 e. The Labute approximate surface area is 190 Å². The first-order chi connectivity index (χ1) is 15.1. The molecule has 2 aromatic rings. The van der Waals surface area contributed by atoms with E-state index >= 15 is 0 Å². The van der Waals surface area contributed by atoms with Crippen LogP contribution in [0.2, 0.25) is 0 Å². The lowest BCUT2D eigenvalue weighted by atomic mass is 10.1. The van der Waals surface area contributed by atoms with E-state index in [-0.39, 0.29) is 17.9 Å². The Morgan fingerprint density at radius 2 is 1.74 bits per heavy atom. The summed E-state index contributed by atoms with van der Waals surface area (Å²) in [6.07, 6.45) is 5.46. The number of aryl methyl sites for hydroxylation is 1. The second kappa shape index (κ2) is 11.9. The number of nitrogens with zero attached hydrogens (tertiary/aromatic N) is 1. The van der Waals surface area contributed by atoms with Gasteiger partial charge in [-0.3, -0.25) is 9.59 Å². The molecule has 2 amide bonds. The molecule has 1 aliphatic rings. The van der Waals surface area contributed by atoms with Gasteiger partial charge in [-0.2, -0.15) is 0 Å². The van der Waals surface area contributed by atoms with E-state index in [9.17, 15) is 9.59 Å². The normalized spacial score (nSPS) is 14.9. The van der Waals surface area contributed by atoms with Crippen LogP contribution >= 0.6 is 11.8 Å². The zero-order valence-electron chi connectivity index (χ0n) is 18.7. The molecule has 0 heterocycles. The van der Waals surface area contributed by atoms with E-state index in [1.54, 1.807) is 16.7 Å². The molecule has 3 rings (SSSR count). The van der Waals surface area contributed by atoms with Crippen molar-refractivity contribution in [2.24, 2.45) is 0 Å². The van der Waals surface area contributed by atoms with Crippen LogP contribution < -0.4 is 5.32 Å². The number of carbonyl (C=O) groups is 2. The molecule has 0 bridgehead atoms. The first kappa shape index (κ1) is 23.4. The van der Waals surface area contributed by atoms with Gasteiger partial charge in [0.15, 0.2) is 0 Å². The molecule has 1 N–H and O–H groups in total. The average molecular weight is 439 g/mol. The second-order valence-corrected chi connectivity index (χ2v) is 9.50. The summed E-state index contributed by atoms with van der Waals surface area (Å²) >= 11 is 1.68. The van der Waals surface area contributed by atoms with E-state index < -0.39 is 6.04 Å². The summed E-state index contributed by atoms with van der Waals surface area (Å²) in [7, 11) is 0. The van der Waals surface area contributed by atoms with Gasteiger partial charge in [0.25, 0.3) is 0 Å². The minimum Gasteiger partial charge on any atom is -0.352 e. The lowest BCUT2D eigenvalue weighted by Crippen LogP contribution is -2.51. The summed E-state index contributed by atoms with van der Waals surface area (Å²) in [6, 6.07) is 18.2. The van der Waals surface area contributed by atoms with Gasteiger partial charge >= 0.3 is 0 Å². The number of nitrogens with one attached hydrogen (secondary N) is 1. The van der Waals surface area contributed by atoms with E-state index in [0.717, 1.165) is 23.3 Å². The van der Waals surface area contributed by atoms with Crippen LogP contribution in [-0.4, -0.2) is 34.6 Å². The van der Waals surface area contributed by atoms with Crippen LogP contribution in [0.15, 0.2) is 59.5 Å². The van der Waals surface area contributed by atoms with Crippen molar-refractivity contribution in [3.05, 3.63) is 65.7 Å². The van der Waals surface area contributed by atoms with Gasteiger partial charge in [0.2, 0.25) is 11.8 Å².